The maximum atomic E-state index is 11.5. The van der Waals surface area contributed by atoms with E-state index >= 15 is 0 Å². The molecule has 0 aromatic carbocycles. The number of hydrogen-bond donors (Lipinski definition) is 1. The van der Waals surface area contributed by atoms with Gasteiger partial charge in [0.2, 0.25) is 0 Å². The average molecular weight is 194 g/mol. The van der Waals surface area contributed by atoms with Crippen LogP contribution < -0.4 is 5.32 Å². The number of esters is 1. The second kappa shape index (κ2) is 4.19. The SMILES string of the molecule is CNC(C)(C(=O)OC)c1ccccn1. The van der Waals surface area contributed by atoms with E-state index in [0.29, 0.717) is 5.69 Å². The number of rotatable bonds is 3. The minimum Gasteiger partial charge on any atom is -0.467 e. The minimum atomic E-state index is -0.879. The van der Waals surface area contributed by atoms with Crippen molar-refractivity contribution in [3.05, 3.63) is 30.1 Å². The molecule has 0 saturated carbocycles. The molecule has 0 radical (unpaired) electrons. The van der Waals surface area contributed by atoms with Crippen LogP contribution in [0.5, 0.6) is 0 Å². The van der Waals surface area contributed by atoms with Crippen LogP contribution in [0, 0.1) is 0 Å². The van der Waals surface area contributed by atoms with Gasteiger partial charge in [-0.3, -0.25) is 4.98 Å². The highest BCUT2D eigenvalue weighted by atomic mass is 16.5. The smallest absolute Gasteiger partial charge is 0.332 e. The summed E-state index contributed by atoms with van der Waals surface area (Å²) in [6.07, 6.45) is 1.65. The van der Waals surface area contributed by atoms with Crippen LogP contribution in [0.15, 0.2) is 24.4 Å². The minimum absolute atomic E-state index is 0.348. The number of nitrogens with zero attached hydrogens (tertiary/aromatic N) is 1. The maximum absolute atomic E-state index is 11.5. The normalized spacial score (nSPS) is 14.5. The molecule has 14 heavy (non-hydrogen) atoms. The Morgan fingerprint density at radius 3 is 2.71 bits per heavy atom. The molecular weight excluding hydrogens is 180 g/mol. The maximum Gasteiger partial charge on any atom is 0.332 e. The van der Waals surface area contributed by atoms with E-state index in [1.165, 1.54) is 7.11 Å². The molecule has 1 N–H and O–H groups in total. The van der Waals surface area contributed by atoms with E-state index in [-0.39, 0.29) is 5.97 Å². The van der Waals surface area contributed by atoms with E-state index in [4.69, 9.17) is 4.74 Å². The lowest BCUT2D eigenvalue weighted by atomic mass is 9.97. The first kappa shape index (κ1) is 10.7. The highest BCUT2D eigenvalue weighted by molar-refractivity contribution is 5.81. The molecule has 1 heterocycles. The number of likely N-dealkylation sites (N-methyl/N-ethyl adjacent to an activating group) is 1. The Hall–Kier alpha value is -1.42. The Morgan fingerprint density at radius 1 is 1.57 bits per heavy atom. The molecule has 1 aromatic heterocycles. The van der Waals surface area contributed by atoms with Crippen molar-refractivity contribution in [2.45, 2.75) is 12.5 Å². The molecule has 0 fully saturated rings. The van der Waals surface area contributed by atoms with E-state index in [0.717, 1.165) is 0 Å². The zero-order valence-corrected chi connectivity index (χ0v) is 8.57. The van der Waals surface area contributed by atoms with Gasteiger partial charge in [0.25, 0.3) is 0 Å². The number of nitrogens with one attached hydrogen (secondary N) is 1. The molecule has 4 nitrogen and oxygen atoms in total. The number of hydrogen-bond acceptors (Lipinski definition) is 4. The van der Waals surface area contributed by atoms with Crippen molar-refractivity contribution in [2.24, 2.45) is 0 Å². The van der Waals surface area contributed by atoms with Gasteiger partial charge in [-0.25, -0.2) is 4.79 Å². The second-order valence-corrected chi connectivity index (χ2v) is 3.08. The van der Waals surface area contributed by atoms with E-state index in [1.807, 2.05) is 6.07 Å². The number of pyridine rings is 1. The Balaban J connectivity index is 3.08. The van der Waals surface area contributed by atoms with Gasteiger partial charge in [0.15, 0.2) is 5.54 Å². The standard InChI is InChI=1S/C10H14N2O2/c1-10(11-2,9(13)14-3)8-6-4-5-7-12-8/h4-7,11H,1-3H3. The molecule has 1 aromatic rings. The Labute approximate surface area is 83.3 Å². The third kappa shape index (κ3) is 1.75. The van der Waals surface area contributed by atoms with E-state index in [2.05, 4.69) is 10.3 Å². The van der Waals surface area contributed by atoms with Crippen LogP contribution in [0.2, 0.25) is 0 Å². The number of carbonyl (C=O) groups excluding carboxylic acids is 1. The van der Waals surface area contributed by atoms with Crippen molar-refractivity contribution in [2.75, 3.05) is 14.2 Å². The summed E-state index contributed by atoms with van der Waals surface area (Å²) in [7, 11) is 3.06. The van der Waals surface area contributed by atoms with Crippen LogP contribution >= 0.6 is 0 Å². The third-order valence-corrected chi connectivity index (χ3v) is 2.27. The summed E-state index contributed by atoms with van der Waals surface area (Å²) >= 11 is 0. The van der Waals surface area contributed by atoms with Crippen molar-refractivity contribution in [3.63, 3.8) is 0 Å². The molecule has 0 aliphatic rings. The fraction of sp³-hybridized carbons (Fsp3) is 0.400. The highest BCUT2D eigenvalue weighted by Crippen LogP contribution is 2.18. The average Bonchev–Trinajstić information content (AvgIpc) is 2.28. The molecule has 1 atom stereocenters. The van der Waals surface area contributed by atoms with Crippen LogP contribution in [0.1, 0.15) is 12.6 Å². The number of aromatic nitrogens is 1. The zero-order valence-electron chi connectivity index (χ0n) is 8.57. The van der Waals surface area contributed by atoms with E-state index in [1.54, 1.807) is 32.3 Å². The number of methoxy groups -OCH3 is 1. The Kier molecular flexibility index (Phi) is 3.19. The molecule has 4 heteroatoms. The molecule has 0 saturated heterocycles. The summed E-state index contributed by atoms with van der Waals surface area (Å²) in [5.41, 5.74) is -0.231. The highest BCUT2D eigenvalue weighted by Gasteiger charge is 2.35. The summed E-state index contributed by atoms with van der Waals surface area (Å²) in [6, 6.07) is 5.42. The van der Waals surface area contributed by atoms with Crippen molar-refractivity contribution >= 4 is 5.97 Å². The lowest BCUT2D eigenvalue weighted by Gasteiger charge is -2.25. The predicted octanol–water partition coefficient (Wildman–Crippen LogP) is 0.689. The van der Waals surface area contributed by atoms with Gasteiger partial charge in [-0.1, -0.05) is 6.07 Å². The molecule has 1 rings (SSSR count). The molecule has 0 amide bonds. The zero-order chi connectivity index (χ0) is 10.6. The lowest BCUT2D eigenvalue weighted by molar-refractivity contribution is -0.148. The molecule has 0 aliphatic carbocycles. The first-order valence-electron chi connectivity index (χ1n) is 4.34. The monoisotopic (exact) mass is 194 g/mol. The predicted molar refractivity (Wildman–Crippen MR) is 52.7 cm³/mol. The van der Waals surface area contributed by atoms with Gasteiger partial charge < -0.3 is 10.1 Å². The molecule has 0 bridgehead atoms. The summed E-state index contributed by atoms with van der Waals surface area (Å²) in [5, 5.41) is 2.91. The van der Waals surface area contributed by atoms with E-state index < -0.39 is 5.54 Å². The van der Waals surface area contributed by atoms with E-state index in [9.17, 15) is 4.79 Å². The van der Waals surface area contributed by atoms with Crippen LogP contribution in [0.25, 0.3) is 0 Å². The lowest BCUT2D eigenvalue weighted by Crippen LogP contribution is -2.46. The molecular formula is C10H14N2O2. The van der Waals surface area contributed by atoms with Crippen LogP contribution in [-0.2, 0) is 15.1 Å². The number of carbonyl (C=O) groups is 1. The van der Waals surface area contributed by atoms with Crippen molar-refractivity contribution in [3.8, 4) is 0 Å². The summed E-state index contributed by atoms with van der Waals surface area (Å²) in [4.78, 5) is 15.7. The largest absolute Gasteiger partial charge is 0.467 e. The fourth-order valence-electron chi connectivity index (χ4n) is 1.20. The van der Waals surface area contributed by atoms with Gasteiger partial charge in [0.05, 0.1) is 12.8 Å². The quantitative estimate of drug-likeness (QED) is 0.719. The summed E-state index contributed by atoms with van der Waals surface area (Å²) in [5.74, 6) is -0.348. The van der Waals surface area contributed by atoms with Crippen molar-refractivity contribution in [1.82, 2.24) is 10.3 Å². The van der Waals surface area contributed by atoms with Gasteiger partial charge in [-0.15, -0.1) is 0 Å². The second-order valence-electron chi connectivity index (χ2n) is 3.08. The van der Waals surface area contributed by atoms with Gasteiger partial charge >= 0.3 is 5.97 Å². The van der Waals surface area contributed by atoms with Crippen LogP contribution in [0.3, 0.4) is 0 Å². The number of ether oxygens (including phenoxy) is 1. The van der Waals surface area contributed by atoms with Gasteiger partial charge in [0, 0.05) is 6.20 Å². The first-order chi connectivity index (χ1) is 6.65. The van der Waals surface area contributed by atoms with Crippen LogP contribution in [-0.4, -0.2) is 25.1 Å². The van der Waals surface area contributed by atoms with Crippen LogP contribution in [0.4, 0.5) is 0 Å². The molecule has 1 unspecified atom stereocenters. The molecule has 0 spiro atoms. The first-order valence-corrected chi connectivity index (χ1v) is 4.34. The van der Waals surface area contributed by atoms with Gasteiger partial charge in [-0.2, -0.15) is 0 Å². The summed E-state index contributed by atoms with van der Waals surface area (Å²) < 4.78 is 4.72. The fourth-order valence-corrected chi connectivity index (χ4v) is 1.20. The summed E-state index contributed by atoms with van der Waals surface area (Å²) in [6.45, 7) is 1.74. The van der Waals surface area contributed by atoms with Gasteiger partial charge in [-0.05, 0) is 26.1 Å². The topological polar surface area (TPSA) is 51.2 Å². The Bertz CT molecular complexity index is 313. The van der Waals surface area contributed by atoms with Gasteiger partial charge in [0.1, 0.15) is 0 Å². The third-order valence-electron chi connectivity index (χ3n) is 2.27. The Morgan fingerprint density at radius 2 is 2.29 bits per heavy atom. The van der Waals surface area contributed by atoms with Crippen molar-refractivity contribution < 1.29 is 9.53 Å². The van der Waals surface area contributed by atoms with Crippen molar-refractivity contribution in [1.29, 1.82) is 0 Å². The molecule has 76 valence electrons. The molecule has 0 aliphatic heterocycles.